The highest BCUT2D eigenvalue weighted by molar-refractivity contribution is 7.89. The number of primary sulfonamides is 1. The Morgan fingerprint density at radius 2 is 2.00 bits per heavy atom. The molecule has 28 heavy (non-hydrogen) atoms. The maximum Gasteiger partial charge on any atom is 0.331 e. The monoisotopic (exact) mass is 408 g/mol. The minimum Gasteiger partial charge on any atom is -0.359 e. The van der Waals surface area contributed by atoms with E-state index in [1.807, 2.05) is 0 Å². The maximum atomic E-state index is 13.9. The largest absolute Gasteiger partial charge is 0.359 e. The highest BCUT2D eigenvalue weighted by atomic mass is 32.2. The lowest BCUT2D eigenvalue weighted by atomic mass is 9.93. The Kier molecular flexibility index (Phi) is 4.05. The maximum absolute atomic E-state index is 13.9. The first-order chi connectivity index (χ1) is 13.2. The number of hydrogen-bond acceptors (Lipinski definition) is 6. The molecule has 4 rings (SSSR count). The molecule has 2 aromatic heterocycles. The molecular formula is C17H17FN4O5S. The van der Waals surface area contributed by atoms with Gasteiger partial charge in [-0.15, -0.1) is 0 Å². The number of benzene rings is 1. The molecule has 0 atom stereocenters. The molecule has 0 amide bonds. The van der Waals surface area contributed by atoms with E-state index >= 15 is 0 Å². The van der Waals surface area contributed by atoms with Crippen LogP contribution in [0, 0.1) is 0 Å². The van der Waals surface area contributed by atoms with E-state index in [0.29, 0.717) is 12.8 Å². The molecule has 1 aliphatic rings. The molecule has 9 nitrogen and oxygen atoms in total. The van der Waals surface area contributed by atoms with Crippen LogP contribution in [0.15, 0.2) is 43.4 Å². The van der Waals surface area contributed by atoms with E-state index in [2.05, 4.69) is 5.16 Å². The van der Waals surface area contributed by atoms with E-state index < -0.39 is 33.4 Å². The van der Waals surface area contributed by atoms with Crippen molar-refractivity contribution in [3.63, 3.8) is 0 Å². The number of aryl methyl sites for hydroxylation is 1. The van der Waals surface area contributed by atoms with Gasteiger partial charge in [0, 0.05) is 18.5 Å². The molecule has 1 saturated carbocycles. The highest BCUT2D eigenvalue weighted by Crippen LogP contribution is 2.52. The van der Waals surface area contributed by atoms with Gasteiger partial charge in [0.2, 0.25) is 10.0 Å². The molecule has 1 aliphatic carbocycles. The van der Waals surface area contributed by atoms with Gasteiger partial charge in [0.1, 0.15) is 0 Å². The molecule has 0 bridgehead atoms. The summed E-state index contributed by atoms with van der Waals surface area (Å²) in [6.45, 7) is -1.03. The molecule has 0 radical (unpaired) electrons. The summed E-state index contributed by atoms with van der Waals surface area (Å²) in [6, 6.07) is 4.07. The summed E-state index contributed by atoms with van der Waals surface area (Å²) >= 11 is 0. The number of sulfonamides is 1. The average molecular weight is 408 g/mol. The fourth-order valence-corrected chi connectivity index (χ4v) is 4.42. The van der Waals surface area contributed by atoms with Crippen LogP contribution in [0.3, 0.4) is 0 Å². The van der Waals surface area contributed by atoms with E-state index in [1.165, 1.54) is 36.0 Å². The lowest BCUT2D eigenvalue weighted by molar-refractivity contribution is 0.372. The summed E-state index contributed by atoms with van der Waals surface area (Å²) in [5.41, 5.74) is -2.18. The molecule has 11 heteroatoms. The predicted molar refractivity (Wildman–Crippen MR) is 97.3 cm³/mol. The summed E-state index contributed by atoms with van der Waals surface area (Å²) in [4.78, 5) is 25.7. The van der Waals surface area contributed by atoms with Gasteiger partial charge in [-0.1, -0.05) is 5.16 Å². The van der Waals surface area contributed by atoms with Gasteiger partial charge >= 0.3 is 5.69 Å². The number of alkyl halides is 1. The second-order valence-electron chi connectivity index (χ2n) is 7.00. The van der Waals surface area contributed by atoms with E-state index in [0.717, 1.165) is 4.57 Å². The first-order valence-electron chi connectivity index (χ1n) is 8.45. The number of halogens is 1. The van der Waals surface area contributed by atoms with Crippen LogP contribution in [0.25, 0.3) is 10.9 Å². The minimum absolute atomic E-state index is 0.0247. The van der Waals surface area contributed by atoms with E-state index in [1.54, 1.807) is 0 Å². The third-order valence-corrected chi connectivity index (χ3v) is 6.19. The summed E-state index contributed by atoms with van der Waals surface area (Å²) in [5.74, 6) is 0.273. The van der Waals surface area contributed by atoms with Gasteiger partial charge in [-0.05, 0) is 30.5 Å². The zero-order valence-corrected chi connectivity index (χ0v) is 15.7. The lowest BCUT2D eigenvalue weighted by Gasteiger charge is -2.20. The summed E-state index contributed by atoms with van der Waals surface area (Å²) in [7, 11) is -2.76. The number of aromatic nitrogens is 3. The Balaban J connectivity index is 2.15. The van der Waals surface area contributed by atoms with Crippen molar-refractivity contribution in [3.05, 3.63) is 56.6 Å². The Bertz CT molecular complexity index is 1300. The molecule has 0 saturated heterocycles. The van der Waals surface area contributed by atoms with Crippen molar-refractivity contribution in [1.82, 2.24) is 14.3 Å². The van der Waals surface area contributed by atoms with Crippen molar-refractivity contribution in [2.75, 3.05) is 6.67 Å². The molecule has 2 N–H and O–H groups in total. The third-order valence-electron chi connectivity index (χ3n) is 5.23. The standard InChI is InChI=1S/C17H17FN4O5S/c1-21-11-2-3-12(28(19,25)26)14(17(9-18)5-6-17)13(11)15(23)22(16(21)24)8-10-4-7-20-27-10/h2-4,7H,5-6,8-9H2,1H3,(H2,19,25,26). The van der Waals surface area contributed by atoms with Gasteiger partial charge in [-0.3, -0.25) is 18.3 Å². The number of fused-ring (bicyclic) bond motifs is 1. The molecule has 1 fully saturated rings. The van der Waals surface area contributed by atoms with Gasteiger partial charge in [0.05, 0.1) is 35.2 Å². The van der Waals surface area contributed by atoms with Crippen molar-refractivity contribution in [3.8, 4) is 0 Å². The molecule has 0 spiro atoms. The van der Waals surface area contributed by atoms with Gasteiger partial charge in [-0.25, -0.2) is 18.4 Å². The van der Waals surface area contributed by atoms with Crippen LogP contribution in [0.4, 0.5) is 4.39 Å². The first kappa shape index (κ1) is 18.6. The van der Waals surface area contributed by atoms with Crippen LogP contribution in [0.1, 0.15) is 24.2 Å². The topological polar surface area (TPSA) is 130 Å². The van der Waals surface area contributed by atoms with Crippen LogP contribution in [-0.2, 0) is 29.0 Å². The van der Waals surface area contributed by atoms with Crippen LogP contribution < -0.4 is 16.4 Å². The van der Waals surface area contributed by atoms with Crippen LogP contribution in [0.5, 0.6) is 0 Å². The highest BCUT2D eigenvalue weighted by Gasteiger charge is 2.49. The first-order valence-corrected chi connectivity index (χ1v) is 9.99. The van der Waals surface area contributed by atoms with Crippen molar-refractivity contribution < 1.29 is 17.3 Å². The fourth-order valence-electron chi connectivity index (χ4n) is 3.56. The molecule has 1 aromatic carbocycles. The average Bonchev–Trinajstić information content (AvgIpc) is 3.28. The van der Waals surface area contributed by atoms with Crippen molar-refractivity contribution >= 4 is 20.9 Å². The van der Waals surface area contributed by atoms with Crippen molar-refractivity contribution in [2.45, 2.75) is 29.7 Å². The normalized spacial score (nSPS) is 15.8. The number of hydrogen-bond donors (Lipinski definition) is 1. The zero-order valence-electron chi connectivity index (χ0n) is 14.9. The SMILES string of the molecule is Cn1c(=O)n(Cc2ccno2)c(=O)c2c(C3(CF)CC3)c(S(N)(=O)=O)ccc21. The molecule has 0 unspecified atom stereocenters. The van der Waals surface area contributed by atoms with Gasteiger partial charge in [-0.2, -0.15) is 0 Å². The molecule has 148 valence electrons. The van der Waals surface area contributed by atoms with Crippen LogP contribution in [0.2, 0.25) is 0 Å². The van der Waals surface area contributed by atoms with Crippen LogP contribution >= 0.6 is 0 Å². The predicted octanol–water partition coefficient (Wildman–Crippen LogP) is 0.385. The second-order valence-corrected chi connectivity index (χ2v) is 8.53. The van der Waals surface area contributed by atoms with Crippen LogP contribution in [-0.4, -0.2) is 29.4 Å². The van der Waals surface area contributed by atoms with Crippen molar-refractivity contribution in [1.29, 1.82) is 0 Å². The summed E-state index contributed by atoms with van der Waals surface area (Å²) in [6.07, 6.45) is 2.14. The fraction of sp³-hybridized carbons (Fsp3) is 0.353. The van der Waals surface area contributed by atoms with E-state index in [4.69, 9.17) is 9.66 Å². The Hall–Kier alpha value is -2.79. The minimum atomic E-state index is -4.21. The zero-order chi connectivity index (χ0) is 20.3. The third kappa shape index (κ3) is 2.69. The summed E-state index contributed by atoms with van der Waals surface area (Å²) in [5, 5.41) is 8.86. The molecule has 0 aliphatic heterocycles. The number of nitrogens with two attached hydrogens (primary N) is 1. The number of nitrogens with zero attached hydrogens (tertiary/aromatic N) is 3. The lowest BCUT2D eigenvalue weighted by Crippen LogP contribution is -2.40. The molecule has 3 aromatic rings. The molecular weight excluding hydrogens is 391 g/mol. The van der Waals surface area contributed by atoms with Gasteiger partial charge in [0.15, 0.2) is 5.76 Å². The summed E-state index contributed by atoms with van der Waals surface area (Å²) < 4.78 is 45.3. The van der Waals surface area contributed by atoms with Gasteiger partial charge in [0.25, 0.3) is 5.56 Å². The quantitative estimate of drug-likeness (QED) is 0.650. The second kappa shape index (κ2) is 6.11. The van der Waals surface area contributed by atoms with Gasteiger partial charge < -0.3 is 4.52 Å². The Morgan fingerprint density at radius 1 is 1.29 bits per heavy atom. The van der Waals surface area contributed by atoms with Crippen molar-refractivity contribution in [2.24, 2.45) is 12.2 Å². The van der Waals surface area contributed by atoms with E-state index in [9.17, 15) is 22.4 Å². The number of rotatable bonds is 5. The Morgan fingerprint density at radius 3 is 2.54 bits per heavy atom. The smallest absolute Gasteiger partial charge is 0.331 e. The van der Waals surface area contributed by atoms with E-state index in [-0.39, 0.29) is 33.7 Å². The molecule has 2 heterocycles. The Labute approximate surface area is 158 Å².